The maximum Gasteiger partial charge on any atom is 0.315 e. The molecular weight excluding hydrogens is 208 g/mol. The molecule has 0 spiro atoms. The maximum atomic E-state index is 11.5. The summed E-state index contributed by atoms with van der Waals surface area (Å²) in [7, 11) is 1.64. The lowest BCUT2D eigenvalue weighted by Crippen LogP contribution is -2.44. The zero-order chi connectivity index (χ0) is 12.4. The molecule has 16 heavy (non-hydrogen) atoms. The molecule has 2 atom stereocenters. The van der Waals surface area contributed by atoms with Crippen LogP contribution in [0.1, 0.15) is 33.1 Å². The number of methoxy groups -OCH3 is 1. The van der Waals surface area contributed by atoms with E-state index in [1.54, 1.807) is 7.11 Å². The third kappa shape index (κ3) is 8.49. The van der Waals surface area contributed by atoms with Crippen LogP contribution in [-0.2, 0) is 4.74 Å². The number of carbonyl (C=O) groups excluding carboxylic acids is 1. The van der Waals surface area contributed by atoms with Crippen LogP contribution in [0.2, 0.25) is 0 Å². The van der Waals surface area contributed by atoms with E-state index in [-0.39, 0.29) is 24.7 Å². The van der Waals surface area contributed by atoms with Crippen LogP contribution in [0.3, 0.4) is 0 Å². The Balaban J connectivity index is 3.63. The monoisotopic (exact) mass is 232 g/mol. The Morgan fingerprint density at radius 2 is 1.81 bits per heavy atom. The minimum Gasteiger partial charge on any atom is -0.396 e. The van der Waals surface area contributed by atoms with E-state index in [0.717, 1.165) is 12.8 Å². The van der Waals surface area contributed by atoms with E-state index in [1.165, 1.54) is 0 Å². The Morgan fingerprint density at radius 3 is 2.31 bits per heavy atom. The van der Waals surface area contributed by atoms with Gasteiger partial charge in [-0.05, 0) is 33.1 Å². The molecule has 0 rings (SSSR count). The van der Waals surface area contributed by atoms with E-state index in [4.69, 9.17) is 9.84 Å². The molecule has 0 saturated carbocycles. The molecule has 0 aliphatic heterocycles. The first kappa shape index (κ1) is 15.2. The molecule has 5 nitrogen and oxygen atoms in total. The third-order valence-corrected chi connectivity index (χ3v) is 2.31. The summed E-state index contributed by atoms with van der Waals surface area (Å²) in [6.45, 7) is 4.67. The fourth-order valence-electron chi connectivity index (χ4n) is 1.33. The summed E-state index contributed by atoms with van der Waals surface area (Å²) in [6.07, 6.45) is 2.30. The smallest absolute Gasteiger partial charge is 0.315 e. The molecule has 0 aromatic carbocycles. The molecular formula is C11H24N2O3. The number of hydrogen-bond acceptors (Lipinski definition) is 3. The molecule has 2 unspecified atom stereocenters. The lowest BCUT2D eigenvalue weighted by atomic mass is 10.2. The average molecular weight is 232 g/mol. The van der Waals surface area contributed by atoms with Crippen LogP contribution in [-0.4, -0.2) is 43.5 Å². The van der Waals surface area contributed by atoms with Crippen LogP contribution in [0.15, 0.2) is 0 Å². The molecule has 0 bridgehead atoms. The molecule has 5 heteroatoms. The second-order valence-electron chi connectivity index (χ2n) is 4.07. The van der Waals surface area contributed by atoms with Gasteiger partial charge in [0, 0.05) is 32.4 Å². The average Bonchev–Trinajstić information content (AvgIpc) is 2.23. The van der Waals surface area contributed by atoms with Crippen LogP contribution in [0, 0.1) is 0 Å². The van der Waals surface area contributed by atoms with Gasteiger partial charge in [0.2, 0.25) is 0 Å². The van der Waals surface area contributed by atoms with Gasteiger partial charge in [0.05, 0.1) is 0 Å². The van der Waals surface area contributed by atoms with E-state index in [2.05, 4.69) is 10.6 Å². The zero-order valence-corrected chi connectivity index (χ0v) is 10.5. The second-order valence-corrected chi connectivity index (χ2v) is 4.07. The number of ether oxygens (including phenoxy) is 1. The summed E-state index contributed by atoms with van der Waals surface area (Å²) in [5.41, 5.74) is 0. The standard InChI is InChI=1S/C11H24N2O3/c1-9(5-4-7-14)12-11(15)13-10(2)6-8-16-3/h9-10,14H,4-8H2,1-3H3,(H2,12,13,15). The van der Waals surface area contributed by atoms with Crippen LogP contribution in [0.4, 0.5) is 4.79 Å². The molecule has 0 aromatic rings. The Kier molecular flexibility index (Phi) is 8.94. The van der Waals surface area contributed by atoms with Crippen LogP contribution < -0.4 is 10.6 Å². The third-order valence-electron chi connectivity index (χ3n) is 2.31. The van der Waals surface area contributed by atoms with Crippen molar-refractivity contribution < 1.29 is 14.6 Å². The first-order valence-corrected chi connectivity index (χ1v) is 5.77. The Hall–Kier alpha value is -0.810. The Morgan fingerprint density at radius 1 is 1.25 bits per heavy atom. The number of hydrogen-bond donors (Lipinski definition) is 3. The van der Waals surface area contributed by atoms with E-state index in [0.29, 0.717) is 13.0 Å². The van der Waals surface area contributed by atoms with E-state index >= 15 is 0 Å². The van der Waals surface area contributed by atoms with E-state index in [1.807, 2.05) is 13.8 Å². The summed E-state index contributed by atoms with van der Waals surface area (Å²) in [5, 5.41) is 14.3. The van der Waals surface area contributed by atoms with E-state index < -0.39 is 0 Å². The highest BCUT2D eigenvalue weighted by Crippen LogP contribution is 1.96. The molecule has 0 radical (unpaired) electrons. The lowest BCUT2D eigenvalue weighted by molar-refractivity contribution is 0.183. The Bertz CT molecular complexity index is 170. The summed E-state index contributed by atoms with van der Waals surface area (Å²) < 4.78 is 4.93. The zero-order valence-electron chi connectivity index (χ0n) is 10.5. The van der Waals surface area contributed by atoms with Crippen molar-refractivity contribution in [3.8, 4) is 0 Å². The van der Waals surface area contributed by atoms with Crippen molar-refractivity contribution in [2.75, 3.05) is 20.3 Å². The number of amides is 2. The molecule has 0 aliphatic rings. The van der Waals surface area contributed by atoms with Gasteiger partial charge in [-0.2, -0.15) is 0 Å². The minimum atomic E-state index is -0.158. The van der Waals surface area contributed by atoms with Crippen molar-refractivity contribution in [3.63, 3.8) is 0 Å². The highest BCUT2D eigenvalue weighted by Gasteiger charge is 2.09. The second kappa shape index (κ2) is 9.42. The maximum absolute atomic E-state index is 11.5. The van der Waals surface area contributed by atoms with Gasteiger partial charge in [0.1, 0.15) is 0 Å². The molecule has 0 aliphatic carbocycles. The molecule has 2 amide bonds. The van der Waals surface area contributed by atoms with Crippen molar-refractivity contribution in [1.29, 1.82) is 0 Å². The molecule has 0 aromatic heterocycles. The van der Waals surface area contributed by atoms with Gasteiger partial charge in [-0.3, -0.25) is 0 Å². The fourth-order valence-corrected chi connectivity index (χ4v) is 1.33. The quantitative estimate of drug-likeness (QED) is 0.581. The first-order chi connectivity index (χ1) is 7.60. The predicted molar refractivity (Wildman–Crippen MR) is 63.4 cm³/mol. The van der Waals surface area contributed by atoms with Crippen molar-refractivity contribution in [1.82, 2.24) is 10.6 Å². The first-order valence-electron chi connectivity index (χ1n) is 5.77. The number of rotatable bonds is 8. The highest BCUT2D eigenvalue weighted by atomic mass is 16.5. The summed E-state index contributed by atoms with van der Waals surface area (Å²) in [6, 6.07) is 0.0285. The van der Waals surface area contributed by atoms with Gasteiger partial charge in [-0.25, -0.2) is 4.79 Å². The molecule has 0 fully saturated rings. The van der Waals surface area contributed by atoms with Crippen LogP contribution >= 0.6 is 0 Å². The van der Waals surface area contributed by atoms with Crippen molar-refractivity contribution in [2.45, 2.75) is 45.2 Å². The summed E-state index contributed by atoms with van der Waals surface area (Å²) >= 11 is 0. The van der Waals surface area contributed by atoms with Gasteiger partial charge < -0.3 is 20.5 Å². The molecule has 0 saturated heterocycles. The topological polar surface area (TPSA) is 70.6 Å². The van der Waals surface area contributed by atoms with E-state index in [9.17, 15) is 4.79 Å². The van der Waals surface area contributed by atoms with Crippen molar-refractivity contribution >= 4 is 6.03 Å². The fraction of sp³-hybridized carbons (Fsp3) is 0.909. The van der Waals surface area contributed by atoms with Gasteiger partial charge in [-0.1, -0.05) is 0 Å². The van der Waals surface area contributed by atoms with Gasteiger partial charge in [0.15, 0.2) is 0 Å². The summed E-state index contributed by atoms with van der Waals surface area (Å²) in [4.78, 5) is 11.5. The molecule has 0 heterocycles. The predicted octanol–water partition coefficient (Wildman–Crippen LogP) is 0.872. The van der Waals surface area contributed by atoms with Crippen LogP contribution in [0.5, 0.6) is 0 Å². The largest absolute Gasteiger partial charge is 0.396 e. The normalized spacial score (nSPS) is 14.2. The van der Waals surface area contributed by atoms with Crippen molar-refractivity contribution in [2.24, 2.45) is 0 Å². The van der Waals surface area contributed by atoms with Crippen molar-refractivity contribution in [3.05, 3.63) is 0 Å². The minimum absolute atomic E-state index is 0.0850. The number of carbonyl (C=O) groups is 1. The molecule has 96 valence electrons. The highest BCUT2D eigenvalue weighted by molar-refractivity contribution is 5.74. The summed E-state index contributed by atoms with van der Waals surface area (Å²) in [5.74, 6) is 0. The van der Waals surface area contributed by atoms with Crippen LogP contribution in [0.25, 0.3) is 0 Å². The van der Waals surface area contributed by atoms with Gasteiger partial charge >= 0.3 is 6.03 Å². The number of urea groups is 1. The Labute approximate surface area is 97.6 Å². The number of aliphatic hydroxyl groups excluding tert-OH is 1. The molecule has 3 N–H and O–H groups in total. The number of nitrogens with one attached hydrogen (secondary N) is 2. The number of aliphatic hydroxyl groups is 1. The van der Waals surface area contributed by atoms with Gasteiger partial charge in [0.25, 0.3) is 0 Å². The lowest BCUT2D eigenvalue weighted by Gasteiger charge is -2.17. The van der Waals surface area contributed by atoms with Gasteiger partial charge in [-0.15, -0.1) is 0 Å². The SMILES string of the molecule is COCCC(C)NC(=O)NC(C)CCCO.